The Morgan fingerprint density at radius 1 is 1.15 bits per heavy atom. The zero-order valence-corrected chi connectivity index (χ0v) is 15.9. The average molecular weight is 357 g/mol. The summed E-state index contributed by atoms with van der Waals surface area (Å²) in [5, 5.41) is 2.78. The number of likely N-dealkylation sites (tertiary alicyclic amines) is 1. The summed E-state index contributed by atoms with van der Waals surface area (Å²) < 4.78 is 0. The Hall–Kier alpha value is -1.91. The van der Waals surface area contributed by atoms with Gasteiger partial charge in [-0.1, -0.05) is 38.2 Å². The van der Waals surface area contributed by atoms with Crippen LogP contribution in [0.25, 0.3) is 0 Å². The molecule has 1 saturated heterocycles. The summed E-state index contributed by atoms with van der Waals surface area (Å²) in [7, 11) is 0. The van der Waals surface area contributed by atoms with Crippen molar-refractivity contribution in [2.45, 2.75) is 77.3 Å². The Bertz CT molecular complexity index is 608. The smallest absolute Gasteiger partial charge is 0.223 e. The van der Waals surface area contributed by atoms with Crippen LogP contribution < -0.4 is 5.32 Å². The number of rotatable bonds is 6. The van der Waals surface area contributed by atoms with Crippen molar-refractivity contribution in [3.8, 4) is 0 Å². The van der Waals surface area contributed by atoms with Gasteiger partial charge in [0.25, 0.3) is 0 Å². The first-order valence-corrected chi connectivity index (χ1v) is 10.1. The Kier molecular flexibility index (Phi) is 6.64. The van der Waals surface area contributed by atoms with Crippen molar-refractivity contribution in [2.24, 2.45) is 5.92 Å². The number of carbonyl (C=O) groups excluding carboxylic acids is 2. The standard InChI is InChI=1S/C21H31N3O2/c1-16(25)22-14-18-9-11-19(23-15-18)20-8-5-13-24(20)21(26)12-10-17-6-3-2-4-7-17/h9,11,15,17,20H,2-8,10,12-14H2,1H3,(H,22,25)/t20-/m0/s1. The van der Waals surface area contributed by atoms with Gasteiger partial charge >= 0.3 is 0 Å². The molecule has 0 aromatic carbocycles. The van der Waals surface area contributed by atoms with E-state index in [4.69, 9.17) is 0 Å². The molecule has 2 fully saturated rings. The zero-order valence-electron chi connectivity index (χ0n) is 15.9. The minimum Gasteiger partial charge on any atom is -0.352 e. The molecule has 2 aliphatic rings. The Balaban J connectivity index is 1.54. The molecule has 1 aliphatic carbocycles. The van der Waals surface area contributed by atoms with Crippen molar-refractivity contribution in [1.29, 1.82) is 0 Å². The zero-order chi connectivity index (χ0) is 18.4. The first kappa shape index (κ1) is 18.9. The third-order valence-corrected chi connectivity index (χ3v) is 5.79. The molecule has 2 heterocycles. The van der Waals surface area contributed by atoms with Gasteiger partial charge in [-0.15, -0.1) is 0 Å². The van der Waals surface area contributed by atoms with E-state index in [1.165, 1.54) is 39.0 Å². The molecule has 0 bridgehead atoms. The molecular formula is C21H31N3O2. The van der Waals surface area contributed by atoms with Crippen LogP contribution in [-0.2, 0) is 16.1 Å². The number of amides is 2. The molecule has 142 valence electrons. The number of nitrogens with zero attached hydrogens (tertiary/aromatic N) is 2. The molecular weight excluding hydrogens is 326 g/mol. The molecule has 1 atom stereocenters. The Morgan fingerprint density at radius 2 is 1.96 bits per heavy atom. The number of hydrogen-bond donors (Lipinski definition) is 1. The molecule has 0 unspecified atom stereocenters. The van der Waals surface area contributed by atoms with Gasteiger partial charge in [0, 0.05) is 32.6 Å². The second-order valence-electron chi connectivity index (χ2n) is 7.79. The van der Waals surface area contributed by atoms with E-state index in [0.29, 0.717) is 18.9 Å². The van der Waals surface area contributed by atoms with Crippen LogP contribution in [0.3, 0.4) is 0 Å². The molecule has 0 radical (unpaired) electrons. The van der Waals surface area contributed by atoms with Crippen LogP contribution in [0.5, 0.6) is 0 Å². The highest BCUT2D eigenvalue weighted by molar-refractivity contribution is 5.77. The quantitative estimate of drug-likeness (QED) is 0.843. The van der Waals surface area contributed by atoms with Gasteiger partial charge in [0.1, 0.15) is 0 Å². The van der Waals surface area contributed by atoms with Gasteiger partial charge in [-0.05, 0) is 36.8 Å². The number of nitrogens with one attached hydrogen (secondary N) is 1. The lowest BCUT2D eigenvalue weighted by atomic mass is 9.86. The van der Waals surface area contributed by atoms with Gasteiger partial charge in [0.05, 0.1) is 11.7 Å². The number of carbonyl (C=O) groups is 2. The lowest BCUT2D eigenvalue weighted by Gasteiger charge is -2.26. The van der Waals surface area contributed by atoms with Gasteiger partial charge < -0.3 is 10.2 Å². The lowest BCUT2D eigenvalue weighted by molar-refractivity contribution is -0.132. The third kappa shape index (κ3) is 5.05. The van der Waals surface area contributed by atoms with Gasteiger partial charge in [-0.25, -0.2) is 0 Å². The molecule has 1 aliphatic heterocycles. The summed E-state index contributed by atoms with van der Waals surface area (Å²) in [5.74, 6) is 1.00. The fraction of sp³-hybridized carbons (Fsp3) is 0.667. The van der Waals surface area contributed by atoms with E-state index in [1.54, 1.807) is 0 Å². The Labute approximate surface area is 156 Å². The van der Waals surface area contributed by atoms with Crippen LogP contribution >= 0.6 is 0 Å². The fourth-order valence-corrected chi connectivity index (χ4v) is 4.28. The van der Waals surface area contributed by atoms with Gasteiger partial charge in [0.2, 0.25) is 11.8 Å². The van der Waals surface area contributed by atoms with E-state index < -0.39 is 0 Å². The molecule has 1 saturated carbocycles. The maximum absolute atomic E-state index is 12.8. The van der Waals surface area contributed by atoms with Crippen LogP contribution in [-0.4, -0.2) is 28.2 Å². The molecule has 3 rings (SSSR count). The monoisotopic (exact) mass is 357 g/mol. The van der Waals surface area contributed by atoms with E-state index in [9.17, 15) is 9.59 Å². The van der Waals surface area contributed by atoms with Crippen molar-refractivity contribution in [2.75, 3.05) is 6.54 Å². The highest BCUT2D eigenvalue weighted by Crippen LogP contribution is 2.33. The van der Waals surface area contributed by atoms with Gasteiger partial charge in [-0.2, -0.15) is 0 Å². The first-order chi connectivity index (χ1) is 12.6. The molecule has 1 N–H and O–H groups in total. The summed E-state index contributed by atoms with van der Waals surface area (Å²) in [6, 6.07) is 4.12. The van der Waals surface area contributed by atoms with Crippen LogP contribution in [0.2, 0.25) is 0 Å². The average Bonchev–Trinajstić information content (AvgIpc) is 3.15. The molecule has 0 spiro atoms. The molecule has 1 aromatic heterocycles. The van der Waals surface area contributed by atoms with Crippen molar-refractivity contribution in [3.05, 3.63) is 29.6 Å². The summed E-state index contributed by atoms with van der Waals surface area (Å²) >= 11 is 0. The van der Waals surface area contributed by atoms with E-state index >= 15 is 0 Å². The van der Waals surface area contributed by atoms with Crippen LogP contribution in [0.15, 0.2) is 18.3 Å². The second-order valence-corrected chi connectivity index (χ2v) is 7.79. The predicted molar refractivity (Wildman–Crippen MR) is 101 cm³/mol. The molecule has 5 nitrogen and oxygen atoms in total. The van der Waals surface area contributed by atoms with Crippen molar-refractivity contribution in [3.63, 3.8) is 0 Å². The summed E-state index contributed by atoms with van der Waals surface area (Å²) in [5.41, 5.74) is 1.96. The highest BCUT2D eigenvalue weighted by Gasteiger charge is 2.31. The Morgan fingerprint density at radius 3 is 2.65 bits per heavy atom. The lowest BCUT2D eigenvalue weighted by Crippen LogP contribution is -2.31. The molecule has 5 heteroatoms. The first-order valence-electron chi connectivity index (χ1n) is 10.1. The van der Waals surface area contributed by atoms with Crippen LogP contribution in [0.1, 0.15) is 82.0 Å². The maximum atomic E-state index is 12.8. The van der Waals surface area contributed by atoms with Gasteiger partial charge in [0.15, 0.2) is 0 Å². The second kappa shape index (κ2) is 9.15. The van der Waals surface area contributed by atoms with Crippen molar-refractivity contribution >= 4 is 11.8 Å². The highest BCUT2D eigenvalue weighted by atomic mass is 16.2. The van der Waals surface area contributed by atoms with Crippen LogP contribution in [0.4, 0.5) is 0 Å². The fourth-order valence-electron chi connectivity index (χ4n) is 4.28. The molecule has 2 amide bonds. The minimum absolute atomic E-state index is 0.0420. The van der Waals surface area contributed by atoms with Crippen LogP contribution in [0, 0.1) is 5.92 Å². The summed E-state index contributed by atoms with van der Waals surface area (Å²) in [6.45, 7) is 2.86. The largest absolute Gasteiger partial charge is 0.352 e. The molecule has 26 heavy (non-hydrogen) atoms. The summed E-state index contributed by atoms with van der Waals surface area (Å²) in [6.07, 6.45) is 12.2. The number of hydrogen-bond acceptors (Lipinski definition) is 3. The van der Waals surface area contributed by atoms with E-state index in [1.807, 2.05) is 23.2 Å². The number of pyridine rings is 1. The normalized spacial score (nSPS) is 21.0. The number of aromatic nitrogens is 1. The van der Waals surface area contributed by atoms with Crippen molar-refractivity contribution < 1.29 is 9.59 Å². The van der Waals surface area contributed by atoms with E-state index in [-0.39, 0.29) is 11.9 Å². The van der Waals surface area contributed by atoms with Crippen molar-refractivity contribution in [1.82, 2.24) is 15.2 Å². The predicted octanol–water partition coefficient (Wildman–Crippen LogP) is 3.74. The minimum atomic E-state index is -0.0420. The third-order valence-electron chi connectivity index (χ3n) is 5.79. The van der Waals surface area contributed by atoms with E-state index in [0.717, 1.165) is 43.0 Å². The maximum Gasteiger partial charge on any atom is 0.223 e. The van der Waals surface area contributed by atoms with E-state index in [2.05, 4.69) is 10.3 Å². The SMILES string of the molecule is CC(=O)NCc1ccc([C@@H]2CCCN2C(=O)CCC2CCCCC2)nc1. The van der Waals surface area contributed by atoms with Gasteiger partial charge in [-0.3, -0.25) is 14.6 Å². The molecule has 1 aromatic rings. The topological polar surface area (TPSA) is 62.3 Å². The summed E-state index contributed by atoms with van der Waals surface area (Å²) in [4.78, 5) is 30.4.